The third kappa shape index (κ3) is 4.81. The maximum absolute atomic E-state index is 6.26. The van der Waals surface area contributed by atoms with Crippen molar-refractivity contribution in [3.8, 4) is 22.3 Å². The summed E-state index contributed by atoms with van der Waals surface area (Å²) in [6.07, 6.45) is 0. The van der Waals surface area contributed by atoms with E-state index in [9.17, 15) is 0 Å². The maximum atomic E-state index is 6.26. The van der Waals surface area contributed by atoms with Gasteiger partial charge in [0.15, 0.2) is 0 Å². The lowest BCUT2D eigenvalue weighted by Crippen LogP contribution is -2.10. The zero-order chi connectivity index (χ0) is 33.0. The molecule has 10 aromatic rings. The molecule has 0 fully saturated rings. The smallest absolute Gasteiger partial charge is 0.136 e. The first-order chi connectivity index (χ1) is 24.7. The summed E-state index contributed by atoms with van der Waals surface area (Å²) in [5.41, 5.74) is 9.98. The minimum Gasteiger partial charge on any atom is -0.456 e. The molecule has 0 atom stereocenters. The van der Waals surface area contributed by atoms with Crippen LogP contribution in [0.2, 0.25) is 0 Å². The van der Waals surface area contributed by atoms with Crippen molar-refractivity contribution in [3.63, 3.8) is 0 Å². The van der Waals surface area contributed by atoms with Gasteiger partial charge in [-0.2, -0.15) is 0 Å². The number of benzene rings is 9. The summed E-state index contributed by atoms with van der Waals surface area (Å²) in [6.45, 7) is 0. The Balaban J connectivity index is 1.17. The van der Waals surface area contributed by atoms with Crippen LogP contribution in [0.3, 0.4) is 0 Å². The monoisotopic (exact) mass is 637 g/mol. The van der Waals surface area contributed by atoms with E-state index >= 15 is 0 Å². The fourth-order valence-corrected chi connectivity index (χ4v) is 7.48. The average molecular weight is 638 g/mol. The van der Waals surface area contributed by atoms with Crippen LogP contribution < -0.4 is 4.90 Å². The molecule has 0 amide bonds. The van der Waals surface area contributed by atoms with E-state index < -0.39 is 0 Å². The number of nitrogens with zero attached hydrogens (tertiary/aromatic N) is 1. The maximum Gasteiger partial charge on any atom is 0.136 e. The first kappa shape index (κ1) is 28.4. The largest absolute Gasteiger partial charge is 0.456 e. The Kier molecular flexibility index (Phi) is 6.53. The third-order valence-corrected chi connectivity index (χ3v) is 9.98. The van der Waals surface area contributed by atoms with Crippen molar-refractivity contribution >= 4 is 71.3 Å². The van der Waals surface area contributed by atoms with Crippen LogP contribution in [0.15, 0.2) is 192 Å². The second-order valence-electron chi connectivity index (χ2n) is 13.0. The summed E-state index contributed by atoms with van der Waals surface area (Å²) in [7, 11) is 0. The first-order valence-corrected chi connectivity index (χ1v) is 17.1. The minimum absolute atomic E-state index is 0.916. The second-order valence-corrected chi connectivity index (χ2v) is 13.0. The van der Waals surface area contributed by atoms with Gasteiger partial charge in [0.05, 0.1) is 0 Å². The molecule has 9 aromatic carbocycles. The zero-order valence-electron chi connectivity index (χ0n) is 27.3. The normalized spacial score (nSPS) is 11.6. The number of fused-ring (bicyclic) bond motifs is 7. The molecule has 1 aromatic heterocycles. The molecule has 0 aliphatic rings. The predicted octanol–water partition coefficient (Wildman–Crippen LogP) is 13.8. The Morgan fingerprint density at radius 3 is 1.68 bits per heavy atom. The molecule has 2 heteroatoms. The zero-order valence-corrected chi connectivity index (χ0v) is 27.3. The van der Waals surface area contributed by atoms with Crippen molar-refractivity contribution < 1.29 is 4.42 Å². The highest BCUT2D eigenvalue weighted by molar-refractivity contribution is 6.17. The topological polar surface area (TPSA) is 16.4 Å². The van der Waals surface area contributed by atoms with Crippen LogP contribution in [-0.4, -0.2) is 0 Å². The van der Waals surface area contributed by atoms with Gasteiger partial charge in [-0.1, -0.05) is 127 Å². The highest BCUT2D eigenvalue weighted by Crippen LogP contribution is 2.41. The van der Waals surface area contributed by atoms with Crippen molar-refractivity contribution in [2.75, 3.05) is 4.90 Å². The molecular formula is C48H31NO. The lowest BCUT2D eigenvalue weighted by atomic mass is 9.98. The van der Waals surface area contributed by atoms with Gasteiger partial charge in [0.1, 0.15) is 11.2 Å². The number of para-hydroxylation sites is 1. The molecule has 0 saturated heterocycles. The van der Waals surface area contributed by atoms with E-state index in [-0.39, 0.29) is 0 Å². The lowest BCUT2D eigenvalue weighted by molar-refractivity contribution is 0.669. The Morgan fingerprint density at radius 1 is 0.280 bits per heavy atom. The van der Waals surface area contributed by atoms with Crippen molar-refractivity contribution in [2.24, 2.45) is 0 Å². The van der Waals surface area contributed by atoms with Crippen LogP contribution in [0.25, 0.3) is 76.5 Å². The quantitative estimate of drug-likeness (QED) is 0.175. The van der Waals surface area contributed by atoms with Gasteiger partial charge in [-0.05, 0) is 115 Å². The summed E-state index contributed by atoms with van der Waals surface area (Å²) in [5, 5.41) is 9.50. The molecule has 50 heavy (non-hydrogen) atoms. The molecule has 0 bridgehead atoms. The standard InChI is InChI=1S/C48H31NO/c1-3-10-32(11-4-1)35-14-9-15-40(27-35)49(41-25-23-37-26-36(19-20-38(37)28-41)33-12-5-2-6-13-33)42-24-22-34-18-21-39-29-48-46(31-45(39)44(34)30-42)43-16-7-8-17-47(43)50-48/h1-31H. The second kappa shape index (κ2) is 11.5. The fraction of sp³-hybridized carbons (Fsp3) is 0. The number of anilines is 3. The third-order valence-electron chi connectivity index (χ3n) is 9.98. The van der Waals surface area contributed by atoms with E-state index in [1.54, 1.807) is 0 Å². The molecule has 0 unspecified atom stereocenters. The first-order valence-electron chi connectivity index (χ1n) is 17.1. The van der Waals surface area contributed by atoms with Gasteiger partial charge in [-0.3, -0.25) is 0 Å². The molecular weight excluding hydrogens is 607 g/mol. The number of hydrogen-bond donors (Lipinski definition) is 0. The number of rotatable bonds is 5. The van der Waals surface area contributed by atoms with E-state index in [1.165, 1.54) is 54.6 Å². The van der Waals surface area contributed by atoms with Gasteiger partial charge in [-0.15, -0.1) is 0 Å². The molecule has 0 N–H and O–H groups in total. The molecule has 10 rings (SSSR count). The van der Waals surface area contributed by atoms with Crippen LogP contribution in [0.1, 0.15) is 0 Å². The van der Waals surface area contributed by atoms with Crippen LogP contribution >= 0.6 is 0 Å². The van der Waals surface area contributed by atoms with E-state index in [0.29, 0.717) is 0 Å². The van der Waals surface area contributed by atoms with Gasteiger partial charge in [0.2, 0.25) is 0 Å². The van der Waals surface area contributed by atoms with Crippen molar-refractivity contribution in [1.29, 1.82) is 0 Å². The van der Waals surface area contributed by atoms with Gasteiger partial charge < -0.3 is 9.32 Å². The van der Waals surface area contributed by atoms with Crippen molar-refractivity contribution in [3.05, 3.63) is 188 Å². The summed E-state index contributed by atoms with van der Waals surface area (Å²) in [4.78, 5) is 2.39. The molecule has 1 heterocycles. The van der Waals surface area contributed by atoms with Crippen molar-refractivity contribution in [2.45, 2.75) is 0 Å². The van der Waals surface area contributed by atoms with Crippen LogP contribution in [0.4, 0.5) is 17.1 Å². The van der Waals surface area contributed by atoms with Gasteiger partial charge in [0, 0.05) is 27.8 Å². The van der Waals surface area contributed by atoms with E-state index in [0.717, 1.165) is 39.0 Å². The molecule has 0 aliphatic carbocycles. The molecule has 0 saturated carbocycles. The van der Waals surface area contributed by atoms with E-state index in [4.69, 9.17) is 4.42 Å². The number of furan rings is 1. The van der Waals surface area contributed by atoms with Gasteiger partial charge in [0.25, 0.3) is 0 Å². The highest BCUT2D eigenvalue weighted by Gasteiger charge is 2.17. The summed E-state index contributed by atoms with van der Waals surface area (Å²) >= 11 is 0. The number of hydrogen-bond acceptors (Lipinski definition) is 2. The summed E-state index contributed by atoms with van der Waals surface area (Å²) < 4.78 is 6.26. The Bertz CT molecular complexity index is 2870. The van der Waals surface area contributed by atoms with E-state index in [1.807, 2.05) is 12.1 Å². The van der Waals surface area contributed by atoms with Gasteiger partial charge in [-0.25, -0.2) is 0 Å². The molecule has 234 valence electrons. The summed E-state index contributed by atoms with van der Waals surface area (Å²) in [5.74, 6) is 0. The van der Waals surface area contributed by atoms with Crippen LogP contribution in [0, 0.1) is 0 Å². The minimum atomic E-state index is 0.916. The summed E-state index contributed by atoms with van der Waals surface area (Å²) in [6, 6.07) is 67.7. The fourth-order valence-electron chi connectivity index (χ4n) is 7.48. The Labute approximate surface area is 290 Å². The Morgan fingerprint density at radius 2 is 0.860 bits per heavy atom. The van der Waals surface area contributed by atoms with Crippen molar-refractivity contribution in [1.82, 2.24) is 0 Å². The van der Waals surface area contributed by atoms with Crippen LogP contribution in [0.5, 0.6) is 0 Å². The molecule has 0 radical (unpaired) electrons. The molecule has 0 aliphatic heterocycles. The molecule has 0 spiro atoms. The van der Waals surface area contributed by atoms with Gasteiger partial charge >= 0.3 is 0 Å². The highest BCUT2D eigenvalue weighted by atomic mass is 16.3. The average Bonchev–Trinajstić information content (AvgIpc) is 3.55. The Hall–Kier alpha value is -6.64. The SMILES string of the molecule is c1ccc(-c2cccc(N(c3ccc4cc(-c5ccccc5)ccc4c3)c3ccc4ccc5cc6oc7ccccc7c6cc5c4c3)c2)cc1. The van der Waals surface area contributed by atoms with E-state index in [2.05, 4.69) is 181 Å². The molecule has 2 nitrogen and oxygen atoms in total. The predicted molar refractivity (Wildman–Crippen MR) is 212 cm³/mol. The van der Waals surface area contributed by atoms with Crippen LogP contribution in [-0.2, 0) is 0 Å². The lowest BCUT2D eigenvalue weighted by Gasteiger charge is -2.27.